The van der Waals surface area contributed by atoms with Gasteiger partial charge in [-0.3, -0.25) is 14.5 Å². The lowest BCUT2D eigenvalue weighted by atomic mass is 9.99. The minimum absolute atomic E-state index is 0.0690. The third-order valence-electron chi connectivity index (χ3n) is 3.56. The third kappa shape index (κ3) is 4.15. The van der Waals surface area contributed by atoms with E-state index >= 15 is 0 Å². The molecule has 1 atom stereocenters. The van der Waals surface area contributed by atoms with Crippen LogP contribution < -0.4 is 5.32 Å². The number of hydrogen-bond acceptors (Lipinski definition) is 3. The van der Waals surface area contributed by atoms with Crippen molar-refractivity contribution in [3.05, 3.63) is 28.7 Å². The van der Waals surface area contributed by atoms with E-state index in [0.29, 0.717) is 0 Å². The Morgan fingerprint density at radius 3 is 2.65 bits per heavy atom. The number of carbonyl (C=O) groups is 2. The number of carbonyl (C=O) groups excluding carboxylic acids is 2. The van der Waals surface area contributed by atoms with Crippen molar-refractivity contribution in [2.45, 2.75) is 32.2 Å². The first kappa shape index (κ1) is 15.2. The maximum atomic E-state index is 12.1. The Bertz CT molecular complexity index is 487. The number of amides is 1. The summed E-state index contributed by atoms with van der Waals surface area (Å²) in [5.41, 5.74) is 0.773. The number of hydrogen-bond donors (Lipinski definition) is 1. The molecule has 0 saturated carbocycles. The number of nitrogens with zero attached hydrogens (tertiary/aromatic N) is 1. The van der Waals surface area contributed by atoms with Crippen molar-refractivity contribution in [2.75, 3.05) is 18.4 Å². The van der Waals surface area contributed by atoms with Gasteiger partial charge in [0.05, 0.1) is 12.6 Å². The zero-order valence-corrected chi connectivity index (χ0v) is 13.1. The van der Waals surface area contributed by atoms with Crippen LogP contribution >= 0.6 is 15.9 Å². The van der Waals surface area contributed by atoms with Gasteiger partial charge in [0.1, 0.15) is 5.78 Å². The van der Waals surface area contributed by atoms with Gasteiger partial charge in [-0.2, -0.15) is 0 Å². The van der Waals surface area contributed by atoms with E-state index in [1.807, 2.05) is 29.2 Å². The maximum Gasteiger partial charge on any atom is 0.238 e. The van der Waals surface area contributed by atoms with Gasteiger partial charge in [-0.1, -0.05) is 22.4 Å². The Morgan fingerprint density at radius 1 is 1.30 bits per heavy atom. The molecule has 2 rings (SSSR count). The molecule has 1 aromatic rings. The van der Waals surface area contributed by atoms with Gasteiger partial charge in [0.15, 0.2) is 0 Å². The summed E-state index contributed by atoms with van der Waals surface area (Å²) < 4.78 is 0.975. The van der Waals surface area contributed by atoms with Gasteiger partial charge in [-0.25, -0.2) is 0 Å². The minimum atomic E-state index is -0.0978. The van der Waals surface area contributed by atoms with E-state index in [-0.39, 0.29) is 24.3 Å². The molecule has 1 heterocycles. The molecule has 1 aliphatic heterocycles. The molecule has 0 aromatic heterocycles. The topological polar surface area (TPSA) is 49.4 Å². The molecule has 1 fully saturated rings. The largest absolute Gasteiger partial charge is 0.325 e. The van der Waals surface area contributed by atoms with E-state index in [1.54, 1.807) is 6.92 Å². The van der Waals surface area contributed by atoms with E-state index in [0.717, 1.165) is 36.0 Å². The molecule has 1 unspecified atom stereocenters. The van der Waals surface area contributed by atoms with Crippen LogP contribution in [0, 0.1) is 0 Å². The Morgan fingerprint density at radius 2 is 2.00 bits per heavy atom. The van der Waals surface area contributed by atoms with E-state index in [1.165, 1.54) is 0 Å². The van der Waals surface area contributed by atoms with Crippen LogP contribution in [0.25, 0.3) is 0 Å². The zero-order valence-electron chi connectivity index (χ0n) is 11.6. The standard InChI is InChI=1S/C15H19BrN2O2/c1-11(19)14-4-2-3-9-18(14)10-15(20)17-13-7-5-12(16)6-8-13/h5-8,14H,2-4,9-10H2,1H3,(H,17,20). The highest BCUT2D eigenvalue weighted by molar-refractivity contribution is 9.10. The highest BCUT2D eigenvalue weighted by Gasteiger charge is 2.27. The predicted molar refractivity (Wildman–Crippen MR) is 82.7 cm³/mol. The molecule has 4 nitrogen and oxygen atoms in total. The van der Waals surface area contributed by atoms with Crippen molar-refractivity contribution >= 4 is 33.3 Å². The van der Waals surface area contributed by atoms with Gasteiger partial charge in [0.25, 0.3) is 0 Å². The van der Waals surface area contributed by atoms with Crippen LogP contribution in [-0.4, -0.2) is 35.7 Å². The van der Waals surface area contributed by atoms with Crippen LogP contribution in [0.1, 0.15) is 26.2 Å². The van der Waals surface area contributed by atoms with Gasteiger partial charge >= 0.3 is 0 Å². The first-order valence-corrected chi connectivity index (χ1v) is 7.65. The lowest BCUT2D eigenvalue weighted by Crippen LogP contribution is -2.47. The molecular formula is C15H19BrN2O2. The number of benzene rings is 1. The summed E-state index contributed by atoms with van der Waals surface area (Å²) in [6.07, 6.45) is 2.98. The minimum Gasteiger partial charge on any atom is -0.325 e. The van der Waals surface area contributed by atoms with Crippen molar-refractivity contribution in [2.24, 2.45) is 0 Å². The molecule has 1 aromatic carbocycles. The summed E-state index contributed by atoms with van der Waals surface area (Å²) in [5, 5.41) is 2.86. The Labute approximate surface area is 127 Å². The molecular weight excluding hydrogens is 320 g/mol. The lowest BCUT2D eigenvalue weighted by Gasteiger charge is -2.33. The molecule has 20 heavy (non-hydrogen) atoms. The second-order valence-electron chi connectivity index (χ2n) is 5.15. The molecule has 108 valence electrons. The van der Waals surface area contributed by atoms with Crippen LogP contribution in [0.4, 0.5) is 5.69 Å². The van der Waals surface area contributed by atoms with Gasteiger partial charge in [0.2, 0.25) is 5.91 Å². The van der Waals surface area contributed by atoms with E-state index < -0.39 is 0 Å². The molecule has 5 heteroatoms. The van der Waals surface area contributed by atoms with Crippen molar-refractivity contribution in [1.82, 2.24) is 4.90 Å². The fourth-order valence-electron chi connectivity index (χ4n) is 2.56. The van der Waals surface area contributed by atoms with Crippen LogP contribution in [0.15, 0.2) is 28.7 Å². The monoisotopic (exact) mass is 338 g/mol. The van der Waals surface area contributed by atoms with Crippen LogP contribution in [0.3, 0.4) is 0 Å². The van der Waals surface area contributed by atoms with Crippen molar-refractivity contribution in [1.29, 1.82) is 0 Å². The number of halogens is 1. The van der Waals surface area contributed by atoms with Gasteiger partial charge in [0, 0.05) is 10.2 Å². The number of likely N-dealkylation sites (tertiary alicyclic amines) is 1. The molecule has 0 spiro atoms. The van der Waals surface area contributed by atoms with Crippen LogP contribution in [-0.2, 0) is 9.59 Å². The molecule has 1 N–H and O–H groups in total. The average Bonchev–Trinajstić information content (AvgIpc) is 2.41. The first-order chi connectivity index (χ1) is 9.56. The van der Waals surface area contributed by atoms with Gasteiger partial charge < -0.3 is 5.32 Å². The SMILES string of the molecule is CC(=O)C1CCCCN1CC(=O)Nc1ccc(Br)cc1. The number of rotatable bonds is 4. The molecule has 0 aliphatic carbocycles. The molecule has 1 aliphatic rings. The summed E-state index contributed by atoms with van der Waals surface area (Å²) in [4.78, 5) is 25.7. The highest BCUT2D eigenvalue weighted by Crippen LogP contribution is 2.18. The summed E-state index contributed by atoms with van der Waals surface area (Å²) >= 11 is 3.36. The summed E-state index contributed by atoms with van der Waals surface area (Å²) in [6.45, 7) is 2.70. The highest BCUT2D eigenvalue weighted by atomic mass is 79.9. The number of nitrogens with one attached hydrogen (secondary N) is 1. The van der Waals surface area contributed by atoms with Crippen molar-refractivity contribution < 1.29 is 9.59 Å². The second kappa shape index (κ2) is 6.99. The Balaban J connectivity index is 1.92. The Kier molecular flexibility index (Phi) is 5.31. The second-order valence-corrected chi connectivity index (χ2v) is 6.06. The quantitative estimate of drug-likeness (QED) is 0.918. The number of anilines is 1. The van der Waals surface area contributed by atoms with E-state index in [4.69, 9.17) is 0 Å². The van der Waals surface area contributed by atoms with Crippen molar-refractivity contribution in [3.8, 4) is 0 Å². The molecule has 1 amide bonds. The van der Waals surface area contributed by atoms with Crippen LogP contribution in [0.2, 0.25) is 0 Å². The number of piperidine rings is 1. The predicted octanol–water partition coefficient (Wildman–Crippen LogP) is 2.83. The normalized spacial score (nSPS) is 19.6. The Hall–Kier alpha value is -1.20. The first-order valence-electron chi connectivity index (χ1n) is 6.86. The zero-order chi connectivity index (χ0) is 14.5. The number of ketones is 1. The van der Waals surface area contributed by atoms with Gasteiger partial charge in [-0.05, 0) is 50.6 Å². The average molecular weight is 339 g/mol. The lowest BCUT2D eigenvalue weighted by molar-refractivity contribution is -0.125. The molecule has 0 radical (unpaired) electrons. The number of Topliss-reactive ketones (excluding diaryl/α,β-unsaturated/α-hetero) is 1. The van der Waals surface area contributed by atoms with Crippen molar-refractivity contribution in [3.63, 3.8) is 0 Å². The summed E-state index contributed by atoms with van der Waals surface area (Å²) in [7, 11) is 0. The van der Waals surface area contributed by atoms with Gasteiger partial charge in [-0.15, -0.1) is 0 Å². The smallest absolute Gasteiger partial charge is 0.238 e. The maximum absolute atomic E-state index is 12.1. The summed E-state index contributed by atoms with van der Waals surface area (Å²) in [6, 6.07) is 7.37. The fourth-order valence-corrected chi connectivity index (χ4v) is 2.82. The molecule has 1 saturated heterocycles. The van der Waals surface area contributed by atoms with Crippen LogP contribution in [0.5, 0.6) is 0 Å². The van der Waals surface area contributed by atoms with E-state index in [2.05, 4.69) is 21.2 Å². The van der Waals surface area contributed by atoms with E-state index in [9.17, 15) is 9.59 Å². The summed E-state index contributed by atoms with van der Waals surface area (Å²) in [5.74, 6) is 0.0848. The third-order valence-corrected chi connectivity index (χ3v) is 4.09. The fraction of sp³-hybridized carbons (Fsp3) is 0.467. The molecule has 0 bridgehead atoms.